The van der Waals surface area contributed by atoms with Crippen LogP contribution in [0.4, 0.5) is 10.1 Å². The Balaban J connectivity index is 1.26. The smallest absolute Gasteiger partial charge is 0.286 e. The molecule has 1 spiro atoms. The highest BCUT2D eigenvalue weighted by atomic mass is 35.5. The molecule has 288 valence electrons. The van der Waals surface area contributed by atoms with Crippen molar-refractivity contribution in [2.24, 2.45) is 22.1 Å². The molecule has 3 heterocycles. The van der Waals surface area contributed by atoms with Crippen LogP contribution in [0.2, 0.25) is 5.02 Å². The Labute approximate surface area is 317 Å². The quantitative estimate of drug-likeness (QED) is 0.338. The molecule has 2 aliphatic carbocycles. The highest BCUT2D eigenvalue weighted by molar-refractivity contribution is 7.93. The van der Waals surface area contributed by atoms with Gasteiger partial charge >= 0.3 is 0 Å². The topological polar surface area (TPSA) is 116 Å². The summed E-state index contributed by atoms with van der Waals surface area (Å²) in [6, 6.07) is 11.4. The summed E-state index contributed by atoms with van der Waals surface area (Å²) in [7, 11) is -1.94. The van der Waals surface area contributed by atoms with Crippen LogP contribution in [0.1, 0.15) is 73.9 Å². The van der Waals surface area contributed by atoms with Crippen molar-refractivity contribution in [2.45, 2.75) is 87.8 Å². The first kappa shape index (κ1) is 38.3. The number of anilines is 1. The minimum Gasteiger partial charge on any atom is -0.490 e. The normalized spacial score (nSPS) is 35.1. The average molecular weight is 772 g/mol. The van der Waals surface area contributed by atoms with Gasteiger partial charge in [-0.05, 0) is 111 Å². The fourth-order valence-corrected chi connectivity index (χ4v) is 10.8. The first-order valence-electron chi connectivity index (χ1n) is 18.9. The van der Waals surface area contributed by atoms with Crippen LogP contribution in [-0.2, 0) is 40.8 Å². The number of carbonyl (C=O) groups is 2. The van der Waals surface area contributed by atoms with Crippen molar-refractivity contribution >= 4 is 39.0 Å². The molecule has 2 amide bonds. The van der Waals surface area contributed by atoms with Gasteiger partial charge in [-0.1, -0.05) is 36.7 Å². The molecule has 7 rings (SSSR count). The molecule has 10 nitrogen and oxygen atoms in total. The zero-order valence-corrected chi connectivity index (χ0v) is 32.3. The summed E-state index contributed by atoms with van der Waals surface area (Å²) in [5.41, 5.74) is 3.25. The van der Waals surface area contributed by atoms with Crippen molar-refractivity contribution in [2.75, 3.05) is 51.5 Å². The number of hydrogen-bond acceptors (Lipinski definition) is 8. The number of carbonyl (C=O) groups excluding carboxylic acids is 2. The van der Waals surface area contributed by atoms with Gasteiger partial charge in [-0.15, -0.1) is 4.36 Å². The number of hydrogen-bond donors (Lipinski definition) is 1. The van der Waals surface area contributed by atoms with Crippen molar-refractivity contribution in [3.8, 4) is 5.75 Å². The second-order valence-corrected chi connectivity index (χ2v) is 18.3. The van der Waals surface area contributed by atoms with Crippen molar-refractivity contribution in [1.29, 1.82) is 0 Å². The first-order valence-corrected chi connectivity index (χ1v) is 20.9. The SMILES string of the molecule is CO[C@H]1/C=C/C[C@H](C)[C@@H](C)S(=O)(NC(=O)CO[C@H]2CCOC[C@H]2F)=NC(=O)c2ccc3c(c2)N(C[C@@H]2CC[C@H]21)C[C@@]1(CCCc2cc(Cl)ccc21)CO3. The Morgan fingerprint density at radius 1 is 1.19 bits per heavy atom. The standard InChI is InChI=1S/C40H51ClFN3O7S/c1-25-6-4-8-35(49-3)31-12-9-29(31)20-45-23-40(16-5-7-27-18-30(41)11-13-32(27)40)24-52-37-14-10-28(19-34(37)45)39(47)44-53(48,26(25)2)43-38(46)22-51-36-15-17-50-21-33(36)42/h4,8,10-11,13-14,18-19,25-26,29,31,33,35-36H,5-7,9,12,15-17,20-24H2,1-3H3,(H,43,44,46,47,48)/b8-4+/t25-,26+,29-,31+,33+,35-,36-,40-,53?/m0/s1. The third kappa shape index (κ3) is 8.03. The third-order valence-corrected chi connectivity index (χ3v) is 14.8. The minimum absolute atomic E-state index is 0.0957. The Kier molecular flexibility index (Phi) is 11.5. The molecule has 1 saturated carbocycles. The lowest BCUT2D eigenvalue weighted by Gasteiger charge is -2.46. The monoisotopic (exact) mass is 771 g/mol. The van der Waals surface area contributed by atoms with Crippen LogP contribution in [0.5, 0.6) is 5.75 Å². The largest absolute Gasteiger partial charge is 0.490 e. The van der Waals surface area contributed by atoms with Crippen LogP contribution in [0.15, 0.2) is 52.9 Å². The van der Waals surface area contributed by atoms with Crippen molar-refractivity contribution in [3.63, 3.8) is 0 Å². The van der Waals surface area contributed by atoms with E-state index in [1.54, 1.807) is 32.2 Å². The molecule has 13 heteroatoms. The Bertz CT molecular complexity index is 1850. The lowest BCUT2D eigenvalue weighted by molar-refractivity contribution is -0.132. The fourth-order valence-electron chi connectivity index (χ4n) is 8.74. The Morgan fingerprint density at radius 2 is 2.04 bits per heavy atom. The van der Waals surface area contributed by atoms with Gasteiger partial charge in [0, 0.05) is 42.8 Å². The number of alkyl halides is 1. The molecule has 1 saturated heterocycles. The van der Waals surface area contributed by atoms with Gasteiger partial charge in [0.25, 0.3) is 11.8 Å². The molecule has 2 aromatic rings. The number of amides is 2. The summed E-state index contributed by atoms with van der Waals surface area (Å²) in [6.45, 7) is 5.28. The van der Waals surface area contributed by atoms with E-state index >= 15 is 0 Å². The van der Waals surface area contributed by atoms with Gasteiger partial charge in [0.1, 0.15) is 28.4 Å². The molecule has 9 atom stereocenters. The van der Waals surface area contributed by atoms with Crippen LogP contribution in [0.25, 0.3) is 0 Å². The van der Waals surface area contributed by atoms with E-state index in [9.17, 15) is 18.2 Å². The molecule has 1 N–H and O–H groups in total. The number of allylic oxidation sites excluding steroid dienone is 1. The summed E-state index contributed by atoms with van der Waals surface area (Å²) in [4.78, 5) is 29.7. The van der Waals surface area contributed by atoms with Gasteiger partial charge in [0.15, 0.2) is 0 Å². The van der Waals surface area contributed by atoms with Gasteiger partial charge in [-0.25, -0.2) is 8.60 Å². The van der Waals surface area contributed by atoms with Crippen molar-refractivity contribution < 1.29 is 37.1 Å². The molecular formula is C40H51ClFN3O7S. The van der Waals surface area contributed by atoms with E-state index in [0.29, 0.717) is 50.2 Å². The zero-order valence-electron chi connectivity index (χ0n) is 30.8. The Morgan fingerprint density at radius 3 is 2.81 bits per heavy atom. The predicted octanol–water partition coefficient (Wildman–Crippen LogP) is 6.62. The van der Waals surface area contributed by atoms with Gasteiger partial charge in [0.05, 0.1) is 36.4 Å². The second kappa shape index (κ2) is 16.0. The number of aryl methyl sites for hydroxylation is 1. The molecule has 3 aliphatic heterocycles. The lowest BCUT2D eigenvalue weighted by Crippen LogP contribution is -2.49. The van der Waals surface area contributed by atoms with Crippen molar-refractivity contribution in [1.82, 2.24) is 4.72 Å². The molecule has 1 unspecified atom stereocenters. The summed E-state index contributed by atoms with van der Waals surface area (Å²) in [5, 5.41) is 0.00560. The van der Waals surface area contributed by atoms with Gasteiger partial charge in [-0.2, -0.15) is 0 Å². The van der Waals surface area contributed by atoms with Crippen LogP contribution in [0, 0.1) is 17.8 Å². The summed E-state index contributed by atoms with van der Waals surface area (Å²) < 4.78 is 59.3. The molecule has 5 aliphatic rings. The van der Waals surface area contributed by atoms with E-state index in [1.165, 1.54) is 11.1 Å². The van der Waals surface area contributed by atoms with Crippen LogP contribution >= 0.6 is 11.6 Å². The highest BCUT2D eigenvalue weighted by Crippen LogP contribution is 2.47. The van der Waals surface area contributed by atoms with E-state index in [4.69, 9.17) is 30.5 Å². The molecule has 0 aromatic heterocycles. The van der Waals surface area contributed by atoms with Crippen LogP contribution in [-0.4, -0.2) is 86.3 Å². The maximum absolute atomic E-state index is 14.8. The number of nitrogens with one attached hydrogen (secondary N) is 1. The van der Waals surface area contributed by atoms with E-state index in [0.717, 1.165) is 49.4 Å². The predicted molar refractivity (Wildman–Crippen MR) is 203 cm³/mol. The van der Waals surface area contributed by atoms with Gasteiger partial charge in [-0.3, -0.25) is 14.3 Å². The molecule has 0 radical (unpaired) electrons. The zero-order chi connectivity index (χ0) is 37.3. The summed E-state index contributed by atoms with van der Waals surface area (Å²) in [5.74, 6) is -0.325. The molecule has 2 fully saturated rings. The average Bonchev–Trinajstić information content (AvgIpc) is 3.28. The van der Waals surface area contributed by atoms with E-state index in [1.807, 2.05) is 13.0 Å². The number of nitrogens with zero attached hydrogens (tertiary/aromatic N) is 2. The second-order valence-electron chi connectivity index (χ2n) is 15.6. The number of ether oxygens (including phenoxy) is 4. The van der Waals surface area contributed by atoms with Gasteiger partial charge < -0.3 is 23.8 Å². The van der Waals surface area contributed by atoms with Crippen LogP contribution < -0.4 is 14.4 Å². The summed E-state index contributed by atoms with van der Waals surface area (Å²) in [6.07, 6.45) is 7.75. The van der Waals surface area contributed by atoms with Crippen molar-refractivity contribution in [3.05, 3.63) is 70.3 Å². The first-order chi connectivity index (χ1) is 25.5. The third-order valence-electron chi connectivity index (χ3n) is 12.2. The minimum atomic E-state index is -3.68. The Hall–Kier alpha value is -3.03. The molecular weight excluding hydrogens is 721 g/mol. The van der Waals surface area contributed by atoms with E-state index < -0.39 is 45.9 Å². The number of fused-ring (bicyclic) bond motifs is 4. The number of benzene rings is 2. The molecule has 2 bridgehead atoms. The fraction of sp³-hybridized carbons (Fsp3) is 0.600. The maximum atomic E-state index is 14.8. The van der Waals surface area contributed by atoms with E-state index in [2.05, 4.69) is 38.3 Å². The summed E-state index contributed by atoms with van der Waals surface area (Å²) >= 11 is 6.46. The highest BCUT2D eigenvalue weighted by Gasteiger charge is 2.44. The molecule has 2 aromatic carbocycles. The number of methoxy groups -OCH3 is 1. The maximum Gasteiger partial charge on any atom is 0.286 e. The molecule has 53 heavy (non-hydrogen) atoms. The van der Waals surface area contributed by atoms with E-state index in [-0.39, 0.29) is 29.6 Å². The van der Waals surface area contributed by atoms with Gasteiger partial charge in [0.2, 0.25) is 0 Å². The lowest BCUT2D eigenvalue weighted by atomic mass is 9.68. The number of halogens is 2. The van der Waals surface area contributed by atoms with Crippen LogP contribution in [0.3, 0.4) is 0 Å². The number of rotatable bonds is 5.